The van der Waals surface area contributed by atoms with Crippen LogP contribution in [0.2, 0.25) is 0 Å². The van der Waals surface area contributed by atoms with Gasteiger partial charge in [-0.15, -0.1) is 11.6 Å². The lowest BCUT2D eigenvalue weighted by molar-refractivity contribution is -0.121. The van der Waals surface area contributed by atoms with Crippen LogP contribution in [0.3, 0.4) is 0 Å². The summed E-state index contributed by atoms with van der Waals surface area (Å²) in [7, 11) is 0. The molecule has 1 unspecified atom stereocenters. The zero-order valence-electron chi connectivity index (χ0n) is 12.0. The zero-order valence-corrected chi connectivity index (χ0v) is 12.8. The van der Waals surface area contributed by atoms with Gasteiger partial charge in [-0.1, -0.05) is 61.7 Å². The maximum Gasteiger partial charge on any atom is 0.242 e. The molecule has 3 heteroatoms. The molecule has 0 bridgehead atoms. The third kappa shape index (κ3) is 3.21. The van der Waals surface area contributed by atoms with Crippen LogP contribution in [-0.2, 0) is 4.79 Å². The van der Waals surface area contributed by atoms with Gasteiger partial charge in [0.05, 0.1) is 0 Å². The number of amides is 1. The zero-order chi connectivity index (χ0) is 14.7. The molecule has 21 heavy (non-hydrogen) atoms. The average molecular weight is 302 g/mol. The van der Waals surface area contributed by atoms with Crippen molar-refractivity contribution in [1.82, 2.24) is 5.32 Å². The molecule has 1 fully saturated rings. The van der Waals surface area contributed by atoms with E-state index < -0.39 is 5.38 Å². The molecule has 0 heterocycles. The van der Waals surface area contributed by atoms with E-state index in [1.165, 1.54) is 19.3 Å². The monoisotopic (exact) mass is 301 g/mol. The summed E-state index contributed by atoms with van der Waals surface area (Å²) in [6, 6.07) is 14.3. The summed E-state index contributed by atoms with van der Waals surface area (Å²) < 4.78 is 0. The molecular formula is C18H20ClNO. The van der Waals surface area contributed by atoms with Crippen molar-refractivity contribution in [2.24, 2.45) is 0 Å². The Morgan fingerprint density at radius 1 is 1.05 bits per heavy atom. The first-order chi connectivity index (χ1) is 10.3. The molecule has 110 valence electrons. The van der Waals surface area contributed by atoms with Crippen molar-refractivity contribution < 1.29 is 4.79 Å². The molecule has 2 nitrogen and oxygen atoms in total. The van der Waals surface area contributed by atoms with E-state index in [0.717, 1.165) is 29.2 Å². The first kappa shape index (κ1) is 14.4. The van der Waals surface area contributed by atoms with E-state index in [0.29, 0.717) is 6.04 Å². The van der Waals surface area contributed by atoms with Crippen molar-refractivity contribution in [2.45, 2.75) is 43.5 Å². The molecule has 3 rings (SSSR count). The van der Waals surface area contributed by atoms with Gasteiger partial charge in [0.2, 0.25) is 5.91 Å². The Bertz CT molecular complexity index is 629. The smallest absolute Gasteiger partial charge is 0.242 e. The van der Waals surface area contributed by atoms with Gasteiger partial charge in [-0.25, -0.2) is 0 Å². The highest BCUT2D eigenvalue weighted by Gasteiger charge is 2.23. The Hall–Kier alpha value is -1.54. The third-order valence-electron chi connectivity index (χ3n) is 4.28. The van der Waals surface area contributed by atoms with Gasteiger partial charge in [-0.05, 0) is 29.2 Å². The van der Waals surface area contributed by atoms with Gasteiger partial charge in [0.1, 0.15) is 5.38 Å². The Balaban J connectivity index is 1.79. The largest absolute Gasteiger partial charge is 0.352 e. The molecule has 1 amide bonds. The molecule has 0 aromatic heterocycles. The van der Waals surface area contributed by atoms with E-state index >= 15 is 0 Å². The van der Waals surface area contributed by atoms with Crippen LogP contribution in [0.15, 0.2) is 42.5 Å². The predicted octanol–water partition coefficient (Wildman–Crippen LogP) is 4.57. The molecule has 2 aromatic rings. The van der Waals surface area contributed by atoms with Crippen molar-refractivity contribution >= 4 is 28.3 Å². The number of hydrogen-bond acceptors (Lipinski definition) is 1. The predicted molar refractivity (Wildman–Crippen MR) is 87.6 cm³/mol. The highest BCUT2D eigenvalue weighted by atomic mass is 35.5. The number of benzene rings is 2. The van der Waals surface area contributed by atoms with Crippen LogP contribution >= 0.6 is 11.6 Å². The van der Waals surface area contributed by atoms with Gasteiger partial charge in [0.25, 0.3) is 0 Å². The number of carbonyl (C=O) groups excluding carboxylic acids is 1. The molecule has 0 radical (unpaired) electrons. The second-order valence-electron chi connectivity index (χ2n) is 5.77. The van der Waals surface area contributed by atoms with Gasteiger partial charge in [-0.2, -0.15) is 0 Å². The third-order valence-corrected chi connectivity index (χ3v) is 4.71. The summed E-state index contributed by atoms with van der Waals surface area (Å²) in [6.07, 6.45) is 5.83. The fraction of sp³-hybridized carbons (Fsp3) is 0.389. The number of hydrogen-bond donors (Lipinski definition) is 1. The van der Waals surface area contributed by atoms with E-state index in [9.17, 15) is 4.79 Å². The summed E-state index contributed by atoms with van der Waals surface area (Å²) in [5.74, 6) is -0.0695. The summed E-state index contributed by atoms with van der Waals surface area (Å²) in [6.45, 7) is 0. The van der Waals surface area contributed by atoms with Crippen LogP contribution in [-0.4, -0.2) is 11.9 Å². The van der Waals surface area contributed by atoms with Gasteiger partial charge >= 0.3 is 0 Å². The molecule has 0 aliphatic heterocycles. The standard InChI is InChI=1S/C18H20ClNO/c19-17(18(21)20-14-9-2-1-3-10-14)16-12-6-8-13-7-4-5-11-15(13)16/h4-8,11-12,14,17H,1-3,9-10H2,(H,20,21). The molecule has 1 saturated carbocycles. The number of carbonyl (C=O) groups is 1. The first-order valence-electron chi connectivity index (χ1n) is 7.68. The fourth-order valence-corrected chi connectivity index (χ4v) is 3.39. The molecule has 2 aromatic carbocycles. The Morgan fingerprint density at radius 3 is 2.57 bits per heavy atom. The summed E-state index contributed by atoms with van der Waals surface area (Å²) in [4.78, 5) is 12.4. The van der Waals surface area contributed by atoms with Crippen molar-refractivity contribution in [2.75, 3.05) is 0 Å². The van der Waals surface area contributed by atoms with E-state index in [1.807, 2.05) is 42.5 Å². The van der Waals surface area contributed by atoms with Crippen LogP contribution in [0.4, 0.5) is 0 Å². The number of alkyl halides is 1. The van der Waals surface area contributed by atoms with E-state index in [-0.39, 0.29) is 5.91 Å². The minimum Gasteiger partial charge on any atom is -0.352 e. The molecule has 0 saturated heterocycles. The number of fused-ring (bicyclic) bond motifs is 1. The Kier molecular flexibility index (Phi) is 4.45. The lowest BCUT2D eigenvalue weighted by atomic mass is 9.95. The number of rotatable bonds is 3. The van der Waals surface area contributed by atoms with Crippen LogP contribution in [0.5, 0.6) is 0 Å². The topological polar surface area (TPSA) is 29.1 Å². The maximum atomic E-state index is 12.4. The maximum absolute atomic E-state index is 12.4. The normalized spacial score (nSPS) is 17.6. The second kappa shape index (κ2) is 6.48. The Labute approximate surface area is 130 Å². The number of halogens is 1. The minimum absolute atomic E-state index is 0.0695. The lowest BCUT2D eigenvalue weighted by Crippen LogP contribution is -2.38. The average Bonchev–Trinajstić information content (AvgIpc) is 2.54. The van der Waals surface area contributed by atoms with E-state index in [2.05, 4.69) is 5.32 Å². The fourth-order valence-electron chi connectivity index (χ4n) is 3.13. The van der Waals surface area contributed by atoms with Crippen LogP contribution in [0.25, 0.3) is 10.8 Å². The van der Waals surface area contributed by atoms with Crippen LogP contribution in [0.1, 0.15) is 43.0 Å². The molecule has 1 aliphatic rings. The van der Waals surface area contributed by atoms with Gasteiger partial charge in [0, 0.05) is 6.04 Å². The van der Waals surface area contributed by atoms with Gasteiger partial charge in [0.15, 0.2) is 0 Å². The molecule has 1 aliphatic carbocycles. The van der Waals surface area contributed by atoms with E-state index in [4.69, 9.17) is 11.6 Å². The highest BCUT2D eigenvalue weighted by molar-refractivity contribution is 6.31. The highest BCUT2D eigenvalue weighted by Crippen LogP contribution is 2.29. The SMILES string of the molecule is O=C(NC1CCCCC1)C(Cl)c1cccc2ccccc12. The number of nitrogens with one attached hydrogen (secondary N) is 1. The first-order valence-corrected chi connectivity index (χ1v) is 8.11. The summed E-state index contributed by atoms with van der Waals surface area (Å²) in [5.41, 5.74) is 0.892. The van der Waals surface area contributed by atoms with Crippen molar-refractivity contribution in [3.8, 4) is 0 Å². The van der Waals surface area contributed by atoms with Crippen molar-refractivity contribution in [3.63, 3.8) is 0 Å². The van der Waals surface area contributed by atoms with Crippen molar-refractivity contribution in [3.05, 3.63) is 48.0 Å². The van der Waals surface area contributed by atoms with Crippen LogP contribution < -0.4 is 5.32 Å². The van der Waals surface area contributed by atoms with Crippen LogP contribution in [0, 0.1) is 0 Å². The van der Waals surface area contributed by atoms with Crippen molar-refractivity contribution in [1.29, 1.82) is 0 Å². The minimum atomic E-state index is -0.627. The van der Waals surface area contributed by atoms with Gasteiger partial charge < -0.3 is 5.32 Å². The quantitative estimate of drug-likeness (QED) is 0.827. The van der Waals surface area contributed by atoms with E-state index in [1.54, 1.807) is 0 Å². The van der Waals surface area contributed by atoms with Gasteiger partial charge in [-0.3, -0.25) is 4.79 Å². The molecule has 1 atom stereocenters. The Morgan fingerprint density at radius 2 is 1.76 bits per heavy atom. The second-order valence-corrected chi connectivity index (χ2v) is 6.21. The molecule has 1 N–H and O–H groups in total. The summed E-state index contributed by atoms with van der Waals surface area (Å²) in [5, 5.41) is 4.66. The summed E-state index contributed by atoms with van der Waals surface area (Å²) >= 11 is 6.44. The molecule has 0 spiro atoms. The molecular weight excluding hydrogens is 282 g/mol. The lowest BCUT2D eigenvalue weighted by Gasteiger charge is -2.24.